The fourth-order valence-electron chi connectivity index (χ4n) is 2.30. The Kier molecular flexibility index (Phi) is 3.27. The number of aryl methyl sites for hydroxylation is 1. The summed E-state index contributed by atoms with van der Waals surface area (Å²) in [5.74, 6) is 1.43. The molecule has 1 aliphatic rings. The second kappa shape index (κ2) is 5.17. The molecule has 112 valence electrons. The van der Waals surface area contributed by atoms with E-state index in [1.807, 2.05) is 24.4 Å². The third-order valence-corrected chi connectivity index (χ3v) is 5.42. The SMILES string of the molecule is Cc1cc(Sc2nc3sccc3c(=O)n2C)nc(C2CC2)n1. The third kappa shape index (κ3) is 2.44. The van der Waals surface area contributed by atoms with Gasteiger partial charge in [-0.05, 0) is 49.0 Å². The molecule has 0 amide bonds. The molecule has 0 aliphatic heterocycles. The molecule has 1 fully saturated rings. The summed E-state index contributed by atoms with van der Waals surface area (Å²) in [5, 5.41) is 4.09. The minimum atomic E-state index is -0.0121. The second-order valence-corrected chi connectivity index (χ2v) is 7.36. The summed E-state index contributed by atoms with van der Waals surface area (Å²) in [6.07, 6.45) is 2.34. The molecule has 0 N–H and O–H groups in total. The Hall–Kier alpha value is -1.73. The predicted octanol–water partition coefficient (Wildman–Crippen LogP) is 3.12. The molecule has 0 unspecified atom stereocenters. The Morgan fingerprint density at radius 1 is 1.32 bits per heavy atom. The minimum absolute atomic E-state index is 0.0121. The van der Waals surface area contributed by atoms with Gasteiger partial charge in [-0.1, -0.05) is 0 Å². The number of hydrogen-bond acceptors (Lipinski definition) is 6. The highest BCUT2D eigenvalue weighted by Crippen LogP contribution is 2.39. The lowest BCUT2D eigenvalue weighted by Crippen LogP contribution is -2.19. The summed E-state index contributed by atoms with van der Waals surface area (Å²) in [5.41, 5.74) is 0.948. The van der Waals surface area contributed by atoms with E-state index in [1.54, 1.807) is 11.6 Å². The van der Waals surface area contributed by atoms with Crippen LogP contribution in [0.25, 0.3) is 10.2 Å². The molecule has 0 spiro atoms. The molecule has 3 aromatic heterocycles. The number of nitrogens with zero attached hydrogens (tertiary/aromatic N) is 4. The quantitative estimate of drug-likeness (QED) is 0.545. The van der Waals surface area contributed by atoms with Gasteiger partial charge in [0.05, 0.1) is 5.39 Å². The summed E-state index contributed by atoms with van der Waals surface area (Å²) in [6, 6.07) is 3.77. The lowest BCUT2D eigenvalue weighted by molar-refractivity contribution is 0.726. The zero-order valence-corrected chi connectivity index (χ0v) is 13.9. The number of thiophene rings is 1. The average molecular weight is 330 g/mol. The van der Waals surface area contributed by atoms with Gasteiger partial charge in [-0.3, -0.25) is 9.36 Å². The molecule has 3 aromatic rings. The van der Waals surface area contributed by atoms with Gasteiger partial charge >= 0.3 is 0 Å². The van der Waals surface area contributed by atoms with Crippen molar-refractivity contribution in [2.24, 2.45) is 7.05 Å². The minimum Gasteiger partial charge on any atom is -0.290 e. The first-order chi connectivity index (χ1) is 10.6. The van der Waals surface area contributed by atoms with Crippen molar-refractivity contribution in [2.45, 2.75) is 35.9 Å². The normalized spacial score (nSPS) is 14.6. The highest BCUT2D eigenvalue weighted by molar-refractivity contribution is 7.99. The van der Waals surface area contributed by atoms with Gasteiger partial charge in [0.15, 0.2) is 5.16 Å². The Morgan fingerprint density at radius 2 is 2.14 bits per heavy atom. The van der Waals surface area contributed by atoms with E-state index in [1.165, 1.54) is 35.9 Å². The van der Waals surface area contributed by atoms with Crippen molar-refractivity contribution in [1.82, 2.24) is 19.5 Å². The van der Waals surface area contributed by atoms with Crippen LogP contribution in [0.15, 0.2) is 32.5 Å². The molecule has 3 heterocycles. The lowest BCUT2D eigenvalue weighted by Gasteiger charge is -2.08. The van der Waals surface area contributed by atoms with Gasteiger partial charge in [0.2, 0.25) is 0 Å². The summed E-state index contributed by atoms with van der Waals surface area (Å²) in [7, 11) is 1.75. The summed E-state index contributed by atoms with van der Waals surface area (Å²) >= 11 is 2.91. The Labute approximate surface area is 135 Å². The zero-order chi connectivity index (χ0) is 15.3. The first-order valence-electron chi connectivity index (χ1n) is 7.09. The van der Waals surface area contributed by atoms with Crippen molar-refractivity contribution in [3.63, 3.8) is 0 Å². The van der Waals surface area contributed by atoms with E-state index in [2.05, 4.69) is 15.0 Å². The van der Waals surface area contributed by atoms with Crippen LogP contribution in [-0.2, 0) is 7.05 Å². The van der Waals surface area contributed by atoms with Crippen LogP contribution < -0.4 is 5.56 Å². The van der Waals surface area contributed by atoms with E-state index < -0.39 is 0 Å². The van der Waals surface area contributed by atoms with Crippen molar-refractivity contribution >= 4 is 33.3 Å². The van der Waals surface area contributed by atoms with Crippen molar-refractivity contribution < 1.29 is 0 Å². The van der Waals surface area contributed by atoms with E-state index in [9.17, 15) is 4.79 Å². The van der Waals surface area contributed by atoms with Crippen LogP contribution in [0.3, 0.4) is 0 Å². The Morgan fingerprint density at radius 3 is 2.91 bits per heavy atom. The zero-order valence-electron chi connectivity index (χ0n) is 12.2. The average Bonchev–Trinajstić information content (AvgIpc) is 3.23. The smallest absolute Gasteiger partial charge is 0.262 e. The molecule has 0 radical (unpaired) electrons. The van der Waals surface area contributed by atoms with Gasteiger partial charge in [-0.25, -0.2) is 15.0 Å². The van der Waals surface area contributed by atoms with Crippen molar-refractivity contribution in [2.75, 3.05) is 0 Å². The topological polar surface area (TPSA) is 60.7 Å². The van der Waals surface area contributed by atoms with Gasteiger partial charge in [0.1, 0.15) is 15.7 Å². The summed E-state index contributed by atoms with van der Waals surface area (Å²) in [6.45, 7) is 1.98. The maximum Gasteiger partial charge on any atom is 0.262 e. The molecule has 0 aromatic carbocycles. The van der Waals surface area contributed by atoms with Gasteiger partial charge < -0.3 is 0 Å². The Bertz CT molecular complexity index is 927. The van der Waals surface area contributed by atoms with Crippen LogP contribution in [0, 0.1) is 6.92 Å². The van der Waals surface area contributed by atoms with Gasteiger partial charge in [-0.2, -0.15) is 0 Å². The first kappa shape index (κ1) is 13.9. The molecule has 0 atom stereocenters. The van der Waals surface area contributed by atoms with Gasteiger partial charge in [0.25, 0.3) is 5.56 Å². The Balaban J connectivity index is 1.77. The summed E-state index contributed by atoms with van der Waals surface area (Å²) in [4.78, 5) is 26.8. The van der Waals surface area contributed by atoms with Crippen LogP contribution in [-0.4, -0.2) is 19.5 Å². The maximum atomic E-state index is 12.3. The van der Waals surface area contributed by atoms with Crippen LogP contribution in [0.4, 0.5) is 0 Å². The van der Waals surface area contributed by atoms with E-state index in [0.29, 0.717) is 16.5 Å². The van der Waals surface area contributed by atoms with Crippen LogP contribution in [0.2, 0.25) is 0 Å². The first-order valence-corrected chi connectivity index (χ1v) is 8.79. The van der Waals surface area contributed by atoms with Crippen LogP contribution in [0.5, 0.6) is 0 Å². The molecule has 4 rings (SSSR count). The highest BCUT2D eigenvalue weighted by atomic mass is 32.2. The van der Waals surface area contributed by atoms with E-state index in [0.717, 1.165) is 21.4 Å². The molecule has 22 heavy (non-hydrogen) atoms. The highest BCUT2D eigenvalue weighted by Gasteiger charge is 2.27. The van der Waals surface area contributed by atoms with Crippen LogP contribution in [0.1, 0.15) is 30.3 Å². The third-order valence-electron chi connectivity index (χ3n) is 3.65. The van der Waals surface area contributed by atoms with Crippen molar-refractivity contribution in [1.29, 1.82) is 0 Å². The molecular weight excluding hydrogens is 316 g/mol. The maximum absolute atomic E-state index is 12.3. The summed E-state index contributed by atoms with van der Waals surface area (Å²) < 4.78 is 1.59. The number of aromatic nitrogens is 4. The monoisotopic (exact) mass is 330 g/mol. The van der Waals surface area contributed by atoms with Gasteiger partial charge in [-0.15, -0.1) is 11.3 Å². The molecular formula is C15H14N4OS2. The van der Waals surface area contributed by atoms with E-state index >= 15 is 0 Å². The molecule has 7 heteroatoms. The molecule has 0 saturated heterocycles. The van der Waals surface area contributed by atoms with E-state index in [4.69, 9.17) is 0 Å². The fourth-order valence-corrected chi connectivity index (χ4v) is 4.03. The lowest BCUT2D eigenvalue weighted by atomic mass is 10.3. The van der Waals surface area contributed by atoms with E-state index in [-0.39, 0.29) is 5.56 Å². The molecule has 0 bridgehead atoms. The largest absolute Gasteiger partial charge is 0.290 e. The fraction of sp³-hybridized carbons (Fsp3) is 0.333. The molecule has 5 nitrogen and oxygen atoms in total. The standard InChI is InChI=1S/C15H14N4OS2/c1-8-7-11(17-12(16-8)9-3-4-9)22-15-18-13-10(5-6-21-13)14(20)19(15)2/h5-7,9H,3-4H2,1-2H3. The predicted molar refractivity (Wildman–Crippen MR) is 87.7 cm³/mol. The molecule has 1 aliphatic carbocycles. The number of rotatable bonds is 3. The van der Waals surface area contributed by atoms with Crippen LogP contribution >= 0.6 is 23.1 Å². The molecule has 1 saturated carbocycles. The number of fused-ring (bicyclic) bond motifs is 1. The van der Waals surface area contributed by atoms with Crippen molar-refractivity contribution in [3.05, 3.63) is 39.4 Å². The van der Waals surface area contributed by atoms with Crippen molar-refractivity contribution in [3.8, 4) is 0 Å². The second-order valence-electron chi connectivity index (χ2n) is 5.48. The van der Waals surface area contributed by atoms with Gasteiger partial charge in [0, 0.05) is 18.7 Å². The number of hydrogen-bond donors (Lipinski definition) is 0.